The maximum Gasteiger partial charge on any atom is 0.239 e. The Morgan fingerprint density at radius 3 is 2.53 bits per heavy atom. The van der Waals surface area contributed by atoms with Crippen LogP contribution in [-0.4, -0.2) is 40.1 Å². The molecule has 2 aliphatic rings. The predicted octanol–water partition coefficient (Wildman–Crippen LogP) is 1.02. The van der Waals surface area contributed by atoms with Gasteiger partial charge in [0, 0.05) is 12.1 Å². The molecule has 3 N–H and O–H groups in total. The molecule has 2 bridgehead atoms. The quantitative estimate of drug-likeness (QED) is 0.771. The summed E-state index contributed by atoms with van der Waals surface area (Å²) >= 11 is 0. The Hall–Kier alpha value is -0.610. The summed E-state index contributed by atoms with van der Waals surface area (Å²) < 4.78 is 0. The average Bonchev–Trinajstić information content (AvgIpc) is 2.57. The van der Waals surface area contributed by atoms with Crippen molar-refractivity contribution in [3.8, 4) is 0 Å². The third-order valence-corrected chi connectivity index (χ3v) is 4.15. The molecule has 2 fully saturated rings. The van der Waals surface area contributed by atoms with E-state index in [-0.39, 0.29) is 30.1 Å². The summed E-state index contributed by atoms with van der Waals surface area (Å²) in [6, 6.07) is 0.140. The van der Waals surface area contributed by atoms with E-state index >= 15 is 0 Å². The number of nitrogens with two attached hydrogens (primary N) is 1. The Balaban J connectivity index is 1.96. The molecule has 0 spiro atoms. The number of hydrogen-bond donors (Lipinski definition) is 2. The van der Waals surface area contributed by atoms with Gasteiger partial charge in [-0.15, -0.1) is 0 Å². The maximum absolute atomic E-state index is 12.3. The molecule has 0 saturated carbocycles. The van der Waals surface area contributed by atoms with E-state index in [0.717, 1.165) is 44.9 Å². The first-order valence-corrected chi connectivity index (χ1v) is 6.89. The number of carbonyl (C=O) groups is 1. The third kappa shape index (κ3) is 2.63. The van der Waals surface area contributed by atoms with Crippen molar-refractivity contribution >= 4 is 5.91 Å². The van der Waals surface area contributed by atoms with Gasteiger partial charge >= 0.3 is 0 Å². The van der Waals surface area contributed by atoms with Gasteiger partial charge in [0.2, 0.25) is 5.91 Å². The van der Waals surface area contributed by atoms with Crippen molar-refractivity contribution in [2.45, 2.75) is 76.1 Å². The minimum atomic E-state index is -0.340. The normalized spacial score (nSPS) is 33.8. The van der Waals surface area contributed by atoms with Crippen molar-refractivity contribution in [3.05, 3.63) is 0 Å². The Bertz CT molecular complexity index is 269. The topological polar surface area (TPSA) is 66.6 Å². The number of aliphatic hydroxyl groups is 1. The van der Waals surface area contributed by atoms with Crippen LogP contribution in [-0.2, 0) is 4.79 Å². The third-order valence-electron chi connectivity index (χ3n) is 4.15. The van der Waals surface area contributed by atoms with Crippen molar-refractivity contribution in [1.82, 2.24) is 4.90 Å². The van der Waals surface area contributed by atoms with Gasteiger partial charge in [-0.05, 0) is 32.1 Å². The Kier molecular flexibility index (Phi) is 4.05. The molecular weight excluding hydrogens is 216 g/mol. The van der Waals surface area contributed by atoms with Crippen LogP contribution in [0, 0.1) is 0 Å². The molecule has 17 heavy (non-hydrogen) atoms. The first-order valence-electron chi connectivity index (χ1n) is 6.89. The zero-order chi connectivity index (χ0) is 12.4. The molecule has 2 unspecified atom stereocenters. The lowest BCUT2D eigenvalue weighted by Crippen LogP contribution is -2.53. The number of fused-ring (bicyclic) bond motifs is 2. The lowest BCUT2D eigenvalue weighted by molar-refractivity contribution is -0.139. The van der Waals surface area contributed by atoms with E-state index in [1.165, 1.54) is 0 Å². The molecule has 0 aromatic rings. The molecule has 0 radical (unpaired) electrons. The second-order valence-corrected chi connectivity index (χ2v) is 5.50. The van der Waals surface area contributed by atoms with Crippen molar-refractivity contribution in [3.63, 3.8) is 0 Å². The summed E-state index contributed by atoms with van der Waals surface area (Å²) in [4.78, 5) is 14.3. The van der Waals surface area contributed by atoms with Gasteiger partial charge in [-0.1, -0.05) is 19.8 Å². The summed E-state index contributed by atoms with van der Waals surface area (Å²) in [5.41, 5.74) is 5.97. The number of piperidine rings is 1. The van der Waals surface area contributed by atoms with E-state index in [9.17, 15) is 9.90 Å². The van der Waals surface area contributed by atoms with Crippen LogP contribution in [0.15, 0.2) is 0 Å². The highest BCUT2D eigenvalue weighted by atomic mass is 16.3. The van der Waals surface area contributed by atoms with Crippen LogP contribution in [0.2, 0.25) is 0 Å². The molecule has 98 valence electrons. The van der Waals surface area contributed by atoms with Crippen molar-refractivity contribution in [1.29, 1.82) is 0 Å². The first kappa shape index (κ1) is 12.8. The minimum absolute atomic E-state index is 0.109. The predicted molar refractivity (Wildman–Crippen MR) is 66.4 cm³/mol. The Labute approximate surface area is 103 Å². The van der Waals surface area contributed by atoms with E-state index in [4.69, 9.17) is 5.73 Å². The van der Waals surface area contributed by atoms with Crippen LogP contribution in [0.1, 0.15) is 51.9 Å². The molecule has 2 heterocycles. The summed E-state index contributed by atoms with van der Waals surface area (Å²) in [7, 11) is 0. The molecule has 0 aromatic carbocycles. The second kappa shape index (κ2) is 5.36. The van der Waals surface area contributed by atoms with Gasteiger partial charge in [0.05, 0.1) is 12.1 Å². The summed E-state index contributed by atoms with van der Waals surface area (Å²) in [5, 5.41) is 9.70. The first-order chi connectivity index (χ1) is 8.13. The van der Waals surface area contributed by atoms with Gasteiger partial charge in [0.25, 0.3) is 0 Å². The zero-order valence-corrected chi connectivity index (χ0v) is 10.6. The highest BCUT2D eigenvalue weighted by Gasteiger charge is 2.43. The lowest BCUT2D eigenvalue weighted by Gasteiger charge is -2.38. The maximum atomic E-state index is 12.3. The van der Waals surface area contributed by atoms with E-state index in [0.29, 0.717) is 0 Å². The molecule has 2 aliphatic heterocycles. The molecule has 2 saturated heterocycles. The van der Waals surface area contributed by atoms with Crippen molar-refractivity contribution < 1.29 is 9.90 Å². The fourth-order valence-corrected chi connectivity index (χ4v) is 3.25. The average molecular weight is 240 g/mol. The molecule has 3 atom stereocenters. The standard InChI is InChI=1S/C13H24N2O2/c1-2-3-4-12(14)13(17)15-9-5-6-10(15)8-11(16)7-9/h9-12,16H,2-8,14H2,1H3/t9?,10?,11?,12-/m0/s1. The number of unbranched alkanes of at least 4 members (excludes halogenated alkanes) is 1. The number of amides is 1. The van der Waals surface area contributed by atoms with Crippen LogP contribution in [0.4, 0.5) is 0 Å². The van der Waals surface area contributed by atoms with Crippen LogP contribution in [0.5, 0.6) is 0 Å². The fraction of sp³-hybridized carbons (Fsp3) is 0.923. The fourth-order valence-electron chi connectivity index (χ4n) is 3.25. The number of nitrogens with zero attached hydrogens (tertiary/aromatic N) is 1. The van der Waals surface area contributed by atoms with Crippen LogP contribution in [0.3, 0.4) is 0 Å². The molecule has 4 nitrogen and oxygen atoms in total. The molecule has 1 amide bonds. The number of rotatable bonds is 4. The van der Waals surface area contributed by atoms with E-state index in [1.54, 1.807) is 0 Å². The highest BCUT2D eigenvalue weighted by Crippen LogP contribution is 2.36. The Morgan fingerprint density at radius 1 is 1.41 bits per heavy atom. The highest BCUT2D eigenvalue weighted by molar-refractivity contribution is 5.82. The van der Waals surface area contributed by atoms with Crippen LogP contribution in [0.25, 0.3) is 0 Å². The second-order valence-electron chi connectivity index (χ2n) is 5.50. The number of carbonyl (C=O) groups excluding carboxylic acids is 1. The van der Waals surface area contributed by atoms with Gasteiger partial charge in [-0.2, -0.15) is 0 Å². The van der Waals surface area contributed by atoms with Crippen LogP contribution >= 0.6 is 0 Å². The summed E-state index contributed by atoms with van der Waals surface area (Å²) in [6.07, 6.45) is 6.20. The zero-order valence-electron chi connectivity index (χ0n) is 10.6. The van der Waals surface area contributed by atoms with Gasteiger partial charge in [0.15, 0.2) is 0 Å². The van der Waals surface area contributed by atoms with Crippen molar-refractivity contribution in [2.75, 3.05) is 0 Å². The van der Waals surface area contributed by atoms with Gasteiger partial charge in [-0.25, -0.2) is 0 Å². The van der Waals surface area contributed by atoms with Crippen LogP contribution < -0.4 is 5.73 Å². The van der Waals surface area contributed by atoms with Gasteiger partial charge in [-0.3, -0.25) is 4.79 Å². The van der Waals surface area contributed by atoms with E-state index in [2.05, 4.69) is 6.92 Å². The number of hydrogen-bond acceptors (Lipinski definition) is 3. The summed E-state index contributed by atoms with van der Waals surface area (Å²) in [5.74, 6) is 0.109. The van der Waals surface area contributed by atoms with Gasteiger partial charge in [0.1, 0.15) is 0 Å². The number of aliphatic hydroxyl groups excluding tert-OH is 1. The molecule has 0 aliphatic carbocycles. The van der Waals surface area contributed by atoms with Gasteiger partial charge < -0.3 is 15.7 Å². The molecule has 0 aromatic heterocycles. The SMILES string of the molecule is CCCC[C@H](N)C(=O)N1C2CCC1CC(O)C2. The van der Waals surface area contributed by atoms with E-state index in [1.807, 2.05) is 4.90 Å². The van der Waals surface area contributed by atoms with E-state index < -0.39 is 0 Å². The lowest BCUT2D eigenvalue weighted by atomic mass is 9.98. The molecular formula is C13H24N2O2. The Morgan fingerprint density at radius 2 is 2.00 bits per heavy atom. The smallest absolute Gasteiger partial charge is 0.239 e. The summed E-state index contributed by atoms with van der Waals surface area (Å²) in [6.45, 7) is 2.11. The monoisotopic (exact) mass is 240 g/mol. The molecule has 4 heteroatoms. The molecule has 2 rings (SSSR count). The minimum Gasteiger partial charge on any atom is -0.393 e. The van der Waals surface area contributed by atoms with Crippen molar-refractivity contribution in [2.24, 2.45) is 5.73 Å². The largest absolute Gasteiger partial charge is 0.393 e.